The van der Waals surface area contributed by atoms with Gasteiger partial charge in [-0.15, -0.1) is 0 Å². The highest BCUT2D eigenvalue weighted by atomic mass is 35.6. The number of hydrogen-bond donors (Lipinski definition) is 3. The van der Waals surface area contributed by atoms with Crippen molar-refractivity contribution in [1.82, 2.24) is 10.6 Å². The van der Waals surface area contributed by atoms with E-state index in [1.54, 1.807) is 0 Å². The Balaban J connectivity index is 2.04. The van der Waals surface area contributed by atoms with E-state index in [1.165, 1.54) is 0 Å². The fourth-order valence-electron chi connectivity index (χ4n) is 2.36. The van der Waals surface area contributed by atoms with Gasteiger partial charge >= 0.3 is 0 Å². The maximum absolute atomic E-state index is 12.0. The first-order chi connectivity index (χ1) is 12.1. The van der Waals surface area contributed by atoms with Gasteiger partial charge in [0.2, 0.25) is 9.70 Å². The summed E-state index contributed by atoms with van der Waals surface area (Å²) in [5.41, 5.74) is 0.790. The minimum atomic E-state index is -1.76. The number of thiocarbonyl (C=S) groups is 1. The first-order valence-electron chi connectivity index (χ1n) is 8.07. The number of amides is 1. The predicted molar refractivity (Wildman–Crippen MR) is 115 cm³/mol. The summed E-state index contributed by atoms with van der Waals surface area (Å²) in [6.07, 6.45) is -0.636. The number of nitrogens with one attached hydrogen (secondary N) is 3. The molecule has 0 fully saturated rings. The molecule has 0 spiro atoms. The summed E-state index contributed by atoms with van der Waals surface area (Å²) in [5.74, 6) is -0.0361. The van der Waals surface area contributed by atoms with Crippen LogP contribution in [0.4, 0.5) is 5.69 Å². The van der Waals surface area contributed by atoms with Gasteiger partial charge in [-0.25, -0.2) is 0 Å². The van der Waals surface area contributed by atoms with Crippen molar-refractivity contribution in [3.8, 4) is 0 Å². The molecule has 0 heterocycles. The Hall–Kier alpha value is -1.27. The second-order valence-electron chi connectivity index (χ2n) is 6.30. The van der Waals surface area contributed by atoms with Gasteiger partial charge in [0, 0.05) is 12.1 Å². The van der Waals surface area contributed by atoms with Crippen LogP contribution in [-0.4, -0.2) is 21.0 Å². The van der Waals surface area contributed by atoms with E-state index in [1.807, 2.05) is 56.3 Å². The van der Waals surface area contributed by atoms with Crippen molar-refractivity contribution >= 4 is 74.5 Å². The quantitative estimate of drug-likeness (QED) is 0.354. The average molecular weight is 433 g/mol. The van der Waals surface area contributed by atoms with Crippen LogP contribution in [0.5, 0.6) is 0 Å². The molecular formula is C18H20Cl3N3OS. The Morgan fingerprint density at radius 3 is 2.35 bits per heavy atom. The minimum absolute atomic E-state index is 0.189. The summed E-state index contributed by atoms with van der Waals surface area (Å²) in [7, 11) is 0. The maximum atomic E-state index is 12.0. The van der Waals surface area contributed by atoms with Gasteiger partial charge in [0.1, 0.15) is 6.17 Å². The number of anilines is 1. The van der Waals surface area contributed by atoms with Crippen molar-refractivity contribution in [2.75, 3.05) is 5.32 Å². The fourth-order valence-corrected chi connectivity index (χ4v) is 2.92. The van der Waals surface area contributed by atoms with Crippen molar-refractivity contribution in [3.63, 3.8) is 0 Å². The molecular weight excluding hydrogens is 413 g/mol. The number of carbonyl (C=O) groups is 1. The molecule has 8 heteroatoms. The third-order valence-electron chi connectivity index (χ3n) is 3.51. The number of benzene rings is 2. The summed E-state index contributed by atoms with van der Waals surface area (Å²) in [6.45, 7) is 3.87. The smallest absolute Gasteiger partial charge is 0.228 e. The maximum Gasteiger partial charge on any atom is 0.228 e. The van der Waals surface area contributed by atoms with E-state index >= 15 is 0 Å². The third kappa shape index (κ3) is 6.47. The third-order valence-corrected chi connectivity index (χ3v) is 4.38. The lowest BCUT2D eigenvalue weighted by atomic mass is 10.1. The zero-order valence-corrected chi connectivity index (χ0v) is 17.4. The van der Waals surface area contributed by atoms with E-state index in [9.17, 15) is 4.79 Å². The number of alkyl halides is 3. The molecule has 3 N–H and O–H groups in total. The molecule has 0 saturated heterocycles. The fraction of sp³-hybridized carbons (Fsp3) is 0.333. The summed E-state index contributed by atoms with van der Waals surface area (Å²) >= 11 is 23.2. The highest BCUT2D eigenvalue weighted by molar-refractivity contribution is 7.80. The lowest BCUT2D eigenvalue weighted by molar-refractivity contribution is -0.122. The number of rotatable bonds is 5. The second-order valence-corrected chi connectivity index (χ2v) is 9.08. The number of halogens is 3. The topological polar surface area (TPSA) is 53.2 Å². The zero-order valence-electron chi connectivity index (χ0n) is 14.4. The molecule has 26 heavy (non-hydrogen) atoms. The van der Waals surface area contributed by atoms with Crippen LogP contribution in [0.2, 0.25) is 0 Å². The second kappa shape index (κ2) is 9.09. The van der Waals surface area contributed by atoms with Crippen molar-refractivity contribution in [1.29, 1.82) is 0 Å². The van der Waals surface area contributed by atoms with Gasteiger partial charge in [-0.05, 0) is 41.0 Å². The number of fused-ring (bicyclic) bond motifs is 1. The Morgan fingerprint density at radius 2 is 1.73 bits per heavy atom. The first-order valence-corrected chi connectivity index (χ1v) is 9.62. The van der Waals surface area contributed by atoms with E-state index in [0.717, 1.165) is 16.5 Å². The monoisotopic (exact) mass is 431 g/mol. The molecule has 0 saturated carbocycles. The van der Waals surface area contributed by atoms with Crippen LogP contribution in [0.25, 0.3) is 10.8 Å². The van der Waals surface area contributed by atoms with Crippen molar-refractivity contribution in [2.24, 2.45) is 5.92 Å². The van der Waals surface area contributed by atoms with Crippen molar-refractivity contribution in [3.05, 3.63) is 42.5 Å². The van der Waals surface area contributed by atoms with E-state index in [4.69, 9.17) is 47.0 Å². The lowest BCUT2D eigenvalue weighted by Gasteiger charge is -2.28. The molecule has 2 rings (SSSR count). The van der Waals surface area contributed by atoms with E-state index in [-0.39, 0.29) is 16.9 Å². The van der Waals surface area contributed by atoms with E-state index in [2.05, 4.69) is 16.0 Å². The van der Waals surface area contributed by atoms with Crippen LogP contribution < -0.4 is 16.0 Å². The highest BCUT2D eigenvalue weighted by Gasteiger charge is 2.34. The lowest BCUT2D eigenvalue weighted by Crippen LogP contribution is -2.56. The summed E-state index contributed by atoms with van der Waals surface area (Å²) < 4.78 is -1.76. The summed E-state index contributed by atoms with van der Waals surface area (Å²) in [4.78, 5) is 12.0. The SMILES string of the molecule is CC(C)CC(=O)N[C@@H](NC(=S)Nc1ccc2ccccc2c1)C(Cl)(Cl)Cl. The zero-order chi connectivity index (χ0) is 19.3. The van der Waals surface area contributed by atoms with Gasteiger partial charge < -0.3 is 16.0 Å². The molecule has 0 aliphatic carbocycles. The minimum Gasteiger partial charge on any atom is -0.339 e. The molecule has 0 radical (unpaired) electrons. The van der Waals surface area contributed by atoms with Crippen LogP contribution in [0.1, 0.15) is 20.3 Å². The van der Waals surface area contributed by atoms with Gasteiger partial charge in [-0.3, -0.25) is 4.79 Å². The Labute approximate surface area is 173 Å². The van der Waals surface area contributed by atoms with E-state index in [0.29, 0.717) is 6.42 Å². The Bertz CT molecular complexity index is 793. The van der Waals surface area contributed by atoms with Crippen molar-refractivity contribution in [2.45, 2.75) is 30.2 Å². The predicted octanol–water partition coefficient (Wildman–Crippen LogP) is 4.98. The molecule has 0 unspecified atom stereocenters. The summed E-state index contributed by atoms with van der Waals surface area (Å²) in [6, 6.07) is 13.8. The van der Waals surface area contributed by atoms with Gasteiger partial charge in [-0.1, -0.05) is 79.0 Å². The van der Waals surface area contributed by atoms with Gasteiger partial charge in [0.15, 0.2) is 5.11 Å². The van der Waals surface area contributed by atoms with Crippen molar-refractivity contribution < 1.29 is 4.79 Å². The van der Waals surface area contributed by atoms with Crippen LogP contribution >= 0.6 is 47.0 Å². The molecule has 4 nitrogen and oxygen atoms in total. The molecule has 1 amide bonds. The van der Waals surface area contributed by atoms with Crippen LogP contribution in [0.3, 0.4) is 0 Å². The molecule has 1 atom stereocenters. The molecule has 140 valence electrons. The van der Waals surface area contributed by atoms with Crippen LogP contribution in [0.15, 0.2) is 42.5 Å². The Kier molecular flexibility index (Phi) is 7.35. The molecule has 0 aromatic heterocycles. The Morgan fingerprint density at radius 1 is 1.08 bits per heavy atom. The summed E-state index contributed by atoms with van der Waals surface area (Å²) in [5, 5.41) is 11.0. The van der Waals surface area contributed by atoms with Crippen LogP contribution in [0, 0.1) is 5.92 Å². The van der Waals surface area contributed by atoms with Crippen LogP contribution in [-0.2, 0) is 4.79 Å². The molecule has 2 aromatic carbocycles. The molecule has 0 aliphatic heterocycles. The molecule has 0 aliphatic rings. The van der Waals surface area contributed by atoms with Gasteiger partial charge in [-0.2, -0.15) is 0 Å². The van der Waals surface area contributed by atoms with E-state index < -0.39 is 9.96 Å². The largest absolute Gasteiger partial charge is 0.339 e. The number of carbonyl (C=O) groups excluding carboxylic acids is 1. The first kappa shape index (κ1) is 21.0. The average Bonchev–Trinajstić information content (AvgIpc) is 2.52. The van der Waals surface area contributed by atoms with Gasteiger partial charge in [0.05, 0.1) is 0 Å². The highest BCUT2D eigenvalue weighted by Crippen LogP contribution is 2.29. The number of hydrogen-bond acceptors (Lipinski definition) is 2. The van der Waals surface area contributed by atoms with Gasteiger partial charge in [0.25, 0.3) is 0 Å². The molecule has 2 aromatic rings. The molecule has 0 bridgehead atoms. The standard InChI is InChI=1S/C18H20Cl3N3OS/c1-11(2)9-15(25)23-16(18(19,20)21)24-17(26)22-14-8-7-12-5-3-4-6-13(12)10-14/h3-8,10-11,16H,9H2,1-2H3,(H,23,25)(H2,22,24,26)/t16-/m0/s1. The normalized spacial score (nSPS) is 12.7.